The number of aromatic carboxylic acids is 1. The number of benzene rings is 2. The SMILES string of the molecule is N#CC(=Cc1ccc(-c2ccc(C(=O)O)cc2)o1)c1nc(-c2ccccc2)cs1. The second-order valence-electron chi connectivity index (χ2n) is 6.16. The fraction of sp³-hybridized carbons (Fsp3) is 0. The Morgan fingerprint density at radius 2 is 1.79 bits per heavy atom. The highest BCUT2D eigenvalue weighted by Crippen LogP contribution is 2.29. The second kappa shape index (κ2) is 7.97. The molecule has 6 heteroatoms. The van der Waals surface area contributed by atoms with Gasteiger partial charge in [-0.25, -0.2) is 9.78 Å². The molecule has 0 aliphatic carbocycles. The number of hydrogen-bond donors (Lipinski definition) is 1. The minimum absolute atomic E-state index is 0.213. The van der Waals surface area contributed by atoms with Crippen LogP contribution in [0.1, 0.15) is 21.1 Å². The number of allylic oxidation sites excluding steroid dienone is 1. The number of carbonyl (C=O) groups is 1. The van der Waals surface area contributed by atoms with Crippen LogP contribution in [-0.4, -0.2) is 16.1 Å². The topological polar surface area (TPSA) is 87.1 Å². The Bertz CT molecular complexity index is 1230. The molecule has 0 spiro atoms. The summed E-state index contributed by atoms with van der Waals surface area (Å²) < 4.78 is 5.82. The zero-order valence-electron chi connectivity index (χ0n) is 15.1. The van der Waals surface area contributed by atoms with Crippen LogP contribution in [0.15, 0.2) is 76.5 Å². The van der Waals surface area contributed by atoms with Gasteiger partial charge in [0.2, 0.25) is 0 Å². The first-order valence-corrected chi connectivity index (χ1v) is 9.59. The number of carboxylic acids is 1. The lowest BCUT2D eigenvalue weighted by Crippen LogP contribution is -1.94. The molecule has 29 heavy (non-hydrogen) atoms. The van der Waals surface area contributed by atoms with Crippen molar-refractivity contribution in [2.45, 2.75) is 0 Å². The first-order chi connectivity index (χ1) is 14.1. The van der Waals surface area contributed by atoms with Crippen LogP contribution >= 0.6 is 11.3 Å². The van der Waals surface area contributed by atoms with E-state index >= 15 is 0 Å². The summed E-state index contributed by atoms with van der Waals surface area (Å²) in [6.45, 7) is 0. The molecule has 0 radical (unpaired) electrons. The van der Waals surface area contributed by atoms with Gasteiger partial charge in [0.05, 0.1) is 16.8 Å². The van der Waals surface area contributed by atoms with E-state index in [0.29, 0.717) is 22.1 Å². The Hall–Kier alpha value is -3.95. The Labute approximate surface area is 170 Å². The van der Waals surface area contributed by atoms with Gasteiger partial charge in [-0.15, -0.1) is 11.3 Å². The highest BCUT2D eigenvalue weighted by atomic mass is 32.1. The van der Waals surface area contributed by atoms with Crippen molar-refractivity contribution in [3.63, 3.8) is 0 Å². The van der Waals surface area contributed by atoms with Crippen LogP contribution in [0.5, 0.6) is 0 Å². The van der Waals surface area contributed by atoms with Gasteiger partial charge in [-0.3, -0.25) is 0 Å². The molecule has 0 fully saturated rings. The van der Waals surface area contributed by atoms with Crippen LogP contribution in [0.2, 0.25) is 0 Å². The summed E-state index contributed by atoms with van der Waals surface area (Å²) in [5, 5.41) is 21.1. The average molecular weight is 398 g/mol. The molecule has 4 aromatic rings. The zero-order valence-corrected chi connectivity index (χ0v) is 15.9. The molecular weight excluding hydrogens is 384 g/mol. The molecular formula is C23H14N2O3S. The Morgan fingerprint density at radius 3 is 2.48 bits per heavy atom. The minimum atomic E-state index is -0.975. The fourth-order valence-corrected chi connectivity index (χ4v) is 3.58. The molecule has 0 unspecified atom stereocenters. The lowest BCUT2D eigenvalue weighted by molar-refractivity contribution is 0.0697. The Morgan fingerprint density at radius 1 is 1.03 bits per heavy atom. The van der Waals surface area contributed by atoms with E-state index in [-0.39, 0.29) is 5.56 Å². The van der Waals surface area contributed by atoms with Gasteiger partial charge >= 0.3 is 5.97 Å². The van der Waals surface area contributed by atoms with Crippen molar-refractivity contribution in [3.8, 4) is 28.7 Å². The third kappa shape index (κ3) is 4.00. The van der Waals surface area contributed by atoms with Gasteiger partial charge in [0.25, 0.3) is 0 Å². The third-order valence-electron chi connectivity index (χ3n) is 4.25. The molecule has 140 valence electrons. The number of furan rings is 1. The number of aromatic nitrogens is 1. The van der Waals surface area contributed by atoms with Crippen molar-refractivity contribution in [2.75, 3.05) is 0 Å². The molecule has 1 N–H and O–H groups in total. The van der Waals surface area contributed by atoms with Crippen LogP contribution in [0, 0.1) is 11.3 Å². The van der Waals surface area contributed by atoms with Crippen molar-refractivity contribution in [2.24, 2.45) is 0 Å². The normalized spacial score (nSPS) is 11.2. The van der Waals surface area contributed by atoms with E-state index in [0.717, 1.165) is 16.8 Å². The fourth-order valence-electron chi connectivity index (χ4n) is 2.79. The van der Waals surface area contributed by atoms with Gasteiger partial charge in [-0.05, 0) is 24.3 Å². The van der Waals surface area contributed by atoms with Gasteiger partial charge in [0.15, 0.2) is 0 Å². The van der Waals surface area contributed by atoms with Crippen molar-refractivity contribution in [1.82, 2.24) is 4.98 Å². The van der Waals surface area contributed by atoms with Crippen molar-refractivity contribution >= 4 is 29.0 Å². The summed E-state index contributed by atoms with van der Waals surface area (Å²) in [5.74, 6) is 0.140. The van der Waals surface area contributed by atoms with Crippen molar-refractivity contribution in [1.29, 1.82) is 5.26 Å². The van der Waals surface area contributed by atoms with Gasteiger partial charge in [0.1, 0.15) is 22.6 Å². The van der Waals surface area contributed by atoms with Gasteiger partial charge in [-0.1, -0.05) is 42.5 Å². The molecule has 0 aliphatic heterocycles. The Balaban J connectivity index is 1.59. The van der Waals surface area contributed by atoms with Crippen molar-refractivity contribution in [3.05, 3.63) is 88.4 Å². The van der Waals surface area contributed by atoms with E-state index in [4.69, 9.17) is 9.52 Å². The predicted octanol–water partition coefficient (Wildman–Crippen LogP) is 5.83. The number of nitrogens with zero attached hydrogens (tertiary/aromatic N) is 2. The van der Waals surface area contributed by atoms with E-state index in [2.05, 4.69) is 11.1 Å². The maximum absolute atomic E-state index is 11.0. The Kier molecular flexibility index (Phi) is 5.06. The summed E-state index contributed by atoms with van der Waals surface area (Å²) in [7, 11) is 0. The molecule has 0 aliphatic rings. The van der Waals surface area contributed by atoms with E-state index in [9.17, 15) is 10.1 Å². The molecule has 2 aromatic heterocycles. The van der Waals surface area contributed by atoms with E-state index in [1.807, 2.05) is 35.7 Å². The quantitative estimate of drug-likeness (QED) is 0.427. The number of thiazole rings is 1. The molecule has 5 nitrogen and oxygen atoms in total. The molecule has 2 aromatic carbocycles. The summed E-state index contributed by atoms with van der Waals surface area (Å²) in [5.41, 5.74) is 3.21. The first-order valence-electron chi connectivity index (χ1n) is 8.71. The minimum Gasteiger partial charge on any atom is -0.478 e. The summed E-state index contributed by atoms with van der Waals surface area (Å²) in [6.07, 6.45) is 1.66. The summed E-state index contributed by atoms with van der Waals surface area (Å²) in [6, 6.07) is 22.0. The molecule has 4 rings (SSSR count). The monoisotopic (exact) mass is 398 g/mol. The lowest BCUT2D eigenvalue weighted by atomic mass is 10.1. The van der Waals surface area contributed by atoms with Gasteiger partial charge < -0.3 is 9.52 Å². The number of rotatable bonds is 5. The summed E-state index contributed by atoms with van der Waals surface area (Å²) in [4.78, 5) is 15.5. The van der Waals surface area contributed by atoms with Crippen LogP contribution in [0.3, 0.4) is 0 Å². The number of carboxylic acid groups (broad SMARTS) is 1. The first kappa shape index (κ1) is 18.4. The maximum atomic E-state index is 11.0. The van der Waals surface area contributed by atoms with E-state index in [1.54, 1.807) is 30.3 Å². The van der Waals surface area contributed by atoms with Crippen LogP contribution < -0.4 is 0 Å². The predicted molar refractivity (Wildman–Crippen MR) is 112 cm³/mol. The van der Waals surface area contributed by atoms with E-state index < -0.39 is 5.97 Å². The highest BCUT2D eigenvalue weighted by Gasteiger charge is 2.11. The number of nitriles is 1. The zero-order chi connectivity index (χ0) is 20.2. The van der Waals surface area contributed by atoms with Crippen molar-refractivity contribution < 1.29 is 14.3 Å². The highest BCUT2D eigenvalue weighted by molar-refractivity contribution is 7.11. The van der Waals surface area contributed by atoms with Crippen LogP contribution in [0.4, 0.5) is 0 Å². The smallest absolute Gasteiger partial charge is 0.335 e. The molecule has 0 atom stereocenters. The number of hydrogen-bond acceptors (Lipinski definition) is 5. The maximum Gasteiger partial charge on any atom is 0.335 e. The van der Waals surface area contributed by atoms with Gasteiger partial charge in [-0.2, -0.15) is 5.26 Å². The van der Waals surface area contributed by atoms with Gasteiger partial charge in [0, 0.05) is 22.6 Å². The largest absolute Gasteiger partial charge is 0.478 e. The third-order valence-corrected chi connectivity index (χ3v) is 5.13. The second-order valence-corrected chi connectivity index (χ2v) is 7.02. The molecule has 0 saturated heterocycles. The molecule has 0 amide bonds. The van der Waals surface area contributed by atoms with E-state index in [1.165, 1.54) is 23.5 Å². The van der Waals surface area contributed by atoms with Crippen LogP contribution in [-0.2, 0) is 0 Å². The summed E-state index contributed by atoms with van der Waals surface area (Å²) >= 11 is 1.40. The molecule has 0 bridgehead atoms. The van der Waals surface area contributed by atoms with Crippen LogP contribution in [0.25, 0.3) is 34.2 Å². The molecule has 0 saturated carbocycles. The molecule has 2 heterocycles. The standard InChI is InChI=1S/C23H14N2O3S/c24-13-18(22-25-20(14-29-22)15-4-2-1-3-5-15)12-19-10-11-21(28-19)16-6-8-17(9-7-16)23(26)27/h1-12,14H,(H,26,27). The average Bonchev–Trinajstić information content (AvgIpc) is 3.43. The lowest BCUT2D eigenvalue weighted by Gasteiger charge is -1.98.